The van der Waals surface area contributed by atoms with Gasteiger partial charge in [-0.3, -0.25) is 19.3 Å². The molecule has 1 atom stereocenters. The molecule has 0 saturated carbocycles. The van der Waals surface area contributed by atoms with Gasteiger partial charge >= 0.3 is 0 Å². The van der Waals surface area contributed by atoms with Crippen LogP contribution in [0.5, 0.6) is 0 Å². The number of aryl methyl sites for hydroxylation is 1. The number of likely N-dealkylation sites (N-methyl/N-ethyl adjacent to an activating group) is 1. The summed E-state index contributed by atoms with van der Waals surface area (Å²) in [6, 6.07) is 0.760. The fourth-order valence-corrected chi connectivity index (χ4v) is 2.09. The molecule has 7 nitrogen and oxygen atoms in total. The summed E-state index contributed by atoms with van der Waals surface area (Å²) in [6.07, 6.45) is 1.66. The monoisotopic (exact) mass is 264 g/mol. The molecule has 1 aliphatic heterocycles. The highest BCUT2D eigenvalue weighted by Crippen LogP contribution is 2.14. The number of likely N-dealkylation sites (tertiary alicyclic amines) is 1. The highest BCUT2D eigenvalue weighted by Gasteiger charge is 2.37. The molecule has 1 saturated heterocycles. The van der Waals surface area contributed by atoms with Crippen LogP contribution in [0.4, 0.5) is 5.69 Å². The number of carbonyl (C=O) groups excluding carboxylic acids is 3. The average Bonchev–Trinajstić information content (AvgIpc) is 2.86. The minimum Gasteiger partial charge on any atom is -0.397 e. The van der Waals surface area contributed by atoms with Crippen LogP contribution in [0.25, 0.3) is 0 Å². The Morgan fingerprint density at radius 3 is 2.74 bits per heavy atom. The Morgan fingerprint density at radius 1 is 1.53 bits per heavy atom. The summed E-state index contributed by atoms with van der Waals surface area (Å²) in [7, 11) is 1.41. The van der Waals surface area contributed by atoms with E-state index >= 15 is 0 Å². The van der Waals surface area contributed by atoms with Crippen LogP contribution in [-0.2, 0) is 16.1 Å². The van der Waals surface area contributed by atoms with Gasteiger partial charge in [-0.1, -0.05) is 0 Å². The number of amides is 3. The Balaban J connectivity index is 2.13. The first-order chi connectivity index (χ1) is 8.93. The second-order valence-electron chi connectivity index (χ2n) is 4.47. The maximum Gasteiger partial charge on any atom is 0.268 e. The standard InChI is InChI=1S/C12H16N4O3/c1-3-16-6-7(13)4-9(16)11(18)14-8-5-10(17)15(2)12(8)19/h4,6,8H,3,5,13H2,1-2H3,(H,14,18). The van der Waals surface area contributed by atoms with E-state index in [0.717, 1.165) is 4.90 Å². The normalized spacial score (nSPS) is 19.1. The van der Waals surface area contributed by atoms with Gasteiger partial charge < -0.3 is 15.6 Å². The van der Waals surface area contributed by atoms with Gasteiger partial charge in [0, 0.05) is 19.8 Å². The molecule has 19 heavy (non-hydrogen) atoms. The molecular formula is C12H16N4O3. The molecule has 1 aromatic heterocycles. The maximum atomic E-state index is 12.1. The number of nitrogens with zero attached hydrogens (tertiary/aromatic N) is 2. The van der Waals surface area contributed by atoms with Crippen molar-refractivity contribution in [3.8, 4) is 0 Å². The molecule has 7 heteroatoms. The van der Waals surface area contributed by atoms with Gasteiger partial charge in [0.2, 0.25) is 5.91 Å². The van der Waals surface area contributed by atoms with E-state index in [1.165, 1.54) is 7.05 Å². The van der Waals surface area contributed by atoms with E-state index in [1.807, 2.05) is 6.92 Å². The molecule has 2 heterocycles. The lowest BCUT2D eigenvalue weighted by atomic mass is 10.2. The molecule has 0 bridgehead atoms. The third kappa shape index (κ3) is 2.31. The number of imide groups is 1. The summed E-state index contributed by atoms with van der Waals surface area (Å²) in [6.45, 7) is 2.48. The number of hydrogen-bond acceptors (Lipinski definition) is 4. The lowest BCUT2D eigenvalue weighted by Gasteiger charge is -2.12. The lowest BCUT2D eigenvalue weighted by Crippen LogP contribution is -2.41. The highest BCUT2D eigenvalue weighted by atomic mass is 16.2. The Labute approximate surface area is 110 Å². The van der Waals surface area contributed by atoms with E-state index in [9.17, 15) is 14.4 Å². The number of hydrogen-bond donors (Lipinski definition) is 2. The van der Waals surface area contributed by atoms with Crippen molar-refractivity contribution in [2.45, 2.75) is 25.9 Å². The van der Waals surface area contributed by atoms with Crippen molar-refractivity contribution in [3.05, 3.63) is 18.0 Å². The third-order valence-corrected chi connectivity index (χ3v) is 3.18. The van der Waals surface area contributed by atoms with E-state index < -0.39 is 11.9 Å². The fraction of sp³-hybridized carbons (Fsp3) is 0.417. The van der Waals surface area contributed by atoms with E-state index in [4.69, 9.17) is 5.73 Å². The number of carbonyl (C=O) groups is 3. The number of rotatable bonds is 3. The van der Waals surface area contributed by atoms with Gasteiger partial charge in [-0.05, 0) is 13.0 Å². The molecular weight excluding hydrogens is 248 g/mol. The van der Waals surface area contributed by atoms with Crippen LogP contribution in [0, 0.1) is 0 Å². The molecule has 0 aliphatic carbocycles. The smallest absolute Gasteiger partial charge is 0.268 e. The van der Waals surface area contributed by atoms with Crippen LogP contribution in [0.1, 0.15) is 23.8 Å². The largest absolute Gasteiger partial charge is 0.397 e. The van der Waals surface area contributed by atoms with E-state index in [1.54, 1.807) is 16.8 Å². The van der Waals surface area contributed by atoms with E-state index in [2.05, 4.69) is 5.32 Å². The van der Waals surface area contributed by atoms with Gasteiger partial charge in [-0.15, -0.1) is 0 Å². The summed E-state index contributed by atoms with van der Waals surface area (Å²) in [5, 5.41) is 2.57. The predicted molar refractivity (Wildman–Crippen MR) is 68.2 cm³/mol. The molecule has 0 radical (unpaired) electrons. The molecule has 3 N–H and O–H groups in total. The number of nitrogens with two attached hydrogens (primary N) is 1. The van der Waals surface area contributed by atoms with Crippen molar-refractivity contribution in [2.75, 3.05) is 12.8 Å². The van der Waals surface area contributed by atoms with Crippen molar-refractivity contribution in [3.63, 3.8) is 0 Å². The predicted octanol–water partition coefficient (Wildman–Crippen LogP) is -0.423. The molecule has 2 rings (SSSR count). The lowest BCUT2D eigenvalue weighted by molar-refractivity contribution is -0.137. The first kappa shape index (κ1) is 13.1. The Hall–Kier alpha value is -2.31. The number of nitrogens with one attached hydrogen (secondary N) is 1. The molecule has 1 fully saturated rings. The molecule has 1 unspecified atom stereocenters. The van der Waals surface area contributed by atoms with Crippen LogP contribution in [0.3, 0.4) is 0 Å². The zero-order valence-corrected chi connectivity index (χ0v) is 10.8. The Kier molecular flexibility index (Phi) is 3.28. The summed E-state index contributed by atoms with van der Waals surface area (Å²) < 4.78 is 1.69. The van der Waals surface area contributed by atoms with Gasteiger partial charge in [0.1, 0.15) is 11.7 Å². The van der Waals surface area contributed by atoms with Gasteiger partial charge in [0.15, 0.2) is 0 Å². The van der Waals surface area contributed by atoms with Crippen LogP contribution >= 0.6 is 0 Å². The number of anilines is 1. The van der Waals surface area contributed by atoms with Crippen molar-refractivity contribution in [1.29, 1.82) is 0 Å². The number of aromatic nitrogens is 1. The summed E-state index contributed by atoms with van der Waals surface area (Å²) >= 11 is 0. The zero-order chi connectivity index (χ0) is 14.2. The SMILES string of the molecule is CCn1cc(N)cc1C(=O)NC1CC(=O)N(C)C1=O. The molecule has 0 spiro atoms. The summed E-state index contributed by atoms with van der Waals surface area (Å²) in [4.78, 5) is 36.2. The van der Waals surface area contributed by atoms with Gasteiger partial charge in [0.25, 0.3) is 11.8 Å². The van der Waals surface area contributed by atoms with Crippen molar-refractivity contribution in [1.82, 2.24) is 14.8 Å². The highest BCUT2D eigenvalue weighted by molar-refractivity contribution is 6.07. The quantitative estimate of drug-likeness (QED) is 0.724. The van der Waals surface area contributed by atoms with Gasteiger partial charge in [0.05, 0.1) is 12.1 Å². The average molecular weight is 264 g/mol. The summed E-state index contributed by atoms with van der Waals surface area (Å²) in [5.74, 6) is -1.08. The van der Waals surface area contributed by atoms with Crippen LogP contribution < -0.4 is 11.1 Å². The van der Waals surface area contributed by atoms with E-state index in [0.29, 0.717) is 17.9 Å². The first-order valence-corrected chi connectivity index (χ1v) is 6.01. The topological polar surface area (TPSA) is 97.4 Å². The zero-order valence-electron chi connectivity index (χ0n) is 10.8. The van der Waals surface area contributed by atoms with Gasteiger partial charge in [-0.25, -0.2) is 0 Å². The Bertz CT molecular complexity index is 549. The molecule has 0 aromatic carbocycles. The van der Waals surface area contributed by atoms with Crippen molar-refractivity contribution >= 4 is 23.4 Å². The molecule has 3 amide bonds. The maximum absolute atomic E-state index is 12.1. The molecule has 102 valence electrons. The summed E-state index contributed by atoms with van der Waals surface area (Å²) in [5.41, 5.74) is 6.51. The molecule has 1 aromatic rings. The van der Waals surface area contributed by atoms with Crippen LogP contribution in [0.2, 0.25) is 0 Å². The number of nitrogen functional groups attached to an aromatic ring is 1. The van der Waals surface area contributed by atoms with Gasteiger partial charge in [-0.2, -0.15) is 0 Å². The second kappa shape index (κ2) is 4.75. The second-order valence-corrected chi connectivity index (χ2v) is 4.47. The van der Waals surface area contributed by atoms with Crippen molar-refractivity contribution < 1.29 is 14.4 Å². The van der Waals surface area contributed by atoms with Crippen LogP contribution in [0.15, 0.2) is 12.3 Å². The van der Waals surface area contributed by atoms with E-state index in [-0.39, 0.29) is 18.2 Å². The Morgan fingerprint density at radius 2 is 2.21 bits per heavy atom. The first-order valence-electron chi connectivity index (χ1n) is 6.01. The minimum atomic E-state index is -0.786. The van der Waals surface area contributed by atoms with Crippen molar-refractivity contribution in [2.24, 2.45) is 0 Å². The van der Waals surface area contributed by atoms with Crippen LogP contribution in [-0.4, -0.2) is 40.3 Å². The molecule has 1 aliphatic rings. The fourth-order valence-electron chi connectivity index (χ4n) is 2.09. The minimum absolute atomic E-state index is 0.00336. The third-order valence-electron chi connectivity index (χ3n) is 3.18.